The lowest BCUT2D eigenvalue weighted by molar-refractivity contribution is 0.0695. The van der Waals surface area contributed by atoms with Gasteiger partial charge in [-0.15, -0.1) is 0 Å². The maximum absolute atomic E-state index is 11.4. The SMILES string of the molecule is Cc1cc2cc(C(=O)O)c(=O)[nH]c2cc1C. The van der Waals surface area contributed by atoms with E-state index in [0.717, 1.165) is 16.5 Å². The number of carboxylic acid groups (broad SMARTS) is 1. The first-order valence-electron chi connectivity index (χ1n) is 4.86. The van der Waals surface area contributed by atoms with Crippen molar-refractivity contribution in [2.45, 2.75) is 13.8 Å². The van der Waals surface area contributed by atoms with Crippen molar-refractivity contribution < 1.29 is 9.90 Å². The highest BCUT2D eigenvalue weighted by Crippen LogP contribution is 2.17. The molecule has 0 unspecified atom stereocenters. The summed E-state index contributed by atoms with van der Waals surface area (Å²) in [6.07, 6.45) is 0. The zero-order chi connectivity index (χ0) is 11.9. The van der Waals surface area contributed by atoms with Gasteiger partial charge in [-0.3, -0.25) is 4.79 Å². The van der Waals surface area contributed by atoms with Crippen LogP contribution < -0.4 is 5.56 Å². The Morgan fingerprint density at radius 2 is 1.81 bits per heavy atom. The molecule has 0 saturated carbocycles. The zero-order valence-corrected chi connectivity index (χ0v) is 9.00. The predicted octanol–water partition coefficient (Wildman–Crippen LogP) is 1.84. The average molecular weight is 217 g/mol. The van der Waals surface area contributed by atoms with Gasteiger partial charge in [0.2, 0.25) is 0 Å². The molecule has 0 radical (unpaired) electrons. The van der Waals surface area contributed by atoms with Gasteiger partial charge < -0.3 is 10.1 Å². The van der Waals surface area contributed by atoms with Crippen molar-refractivity contribution in [3.8, 4) is 0 Å². The van der Waals surface area contributed by atoms with Crippen molar-refractivity contribution in [2.24, 2.45) is 0 Å². The summed E-state index contributed by atoms with van der Waals surface area (Å²) in [7, 11) is 0. The fourth-order valence-electron chi connectivity index (χ4n) is 1.64. The third kappa shape index (κ3) is 1.58. The standard InChI is InChI=1S/C12H11NO3/c1-6-3-8-5-9(12(15)16)11(14)13-10(8)4-7(6)2/h3-5H,1-2H3,(H,13,14)(H,15,16). The second kappa shape index (κ2) is 3.48. The van der Waals surface area contributed by atoms with Crippen molar-refractivity contribution in [2.75, 3.05) is 0 Å². The molecule has 16 heavy (non-hydrogen) atoms. The van der Waals surface area contributed by atoms with Gasteiger partial charge in [-0.25, -0.2) is 4.79 Å². The van der Waals surface area contributed by atoms with Crippen LogP contribution in [0.4, 0.5) is 0 Å². The van der Waals surface area contributed by atoms with E-state index in [1.54, 1.807) is 0 Å². The van der Waals surface area contributed by atoms with Gasteiger partial charge in [-0.05, 0) is 48.6 Å². The summed E-state index contributed by atoms with van der Waals surface area (Å²) in [5.74, 6) is -1.21. The molecule has 0 amide bonds. The van der Waals surface area contributed by atoms with E-state index >= 15 is 0 Å². The molecule has 0 saturated heterocycles. The van der Waals surface area contributed by atoms with E-state index < -0.39 is 11.5 Å². The highest BCUT2D eigenvalue weighted by atomic mass is 16.4. The molecular weight excluding hydrogens is 206 g/mol. The van der Waals surface area contributed by atoms with Crippen LogP contribution >= 0.6 is 0 Å². The molecule has 4 nitrogen and oxygen atoms in total. The van der Waals surface area contributed by atoms with Crippen LogP contribution in [0.2, 0.25) is 0 Å². The second-order valence-electron chi connectivity index (χ2n) is 3.84. The van der Waals surface area contributed by atoms with Crippen molar-refractivity contribution in [3.63, 3.8) is 0 Å². The molecule has 1 heterocycles. The smallest absolute Gasteiger partial charge is 0.341 e. The van der Waals surface area contributed by atoms with E-state index in [9.17, 15) is 9.59 Å². The summed E-state index contributed by atoms with van der Waals surface area (Å²) in [5, 5.41) is 9.57. The molecule has 0 aliphatic carbocycles. The van der Waals surface area contributed by atoms with Gasteiger partial charge in [-0.2, -0.15) is 0 Å². The van der Waals surface area contributed by atoms with E-state index in [0.29, 0.717) is 5.52 Å². The largest absolute Gasteiger partial charge is 0.477 e. The fraction of sp³-hybridized carbons (Fsp3) is 0.167. The van der Waals surface area contributed by atoms with Gasteiger partial charge in [0.05, 0.1) is 0 Å². The molecule has 82 valence electrons. The van der Waals surface area contributed by atoms with E-state index in [4.69, 9.17) is 5.11 Å². The Hall–Kier alpha value is -2.10. The van der Waals surface area contributed by atoms with E-state index in [1.165, 1.54) is 6.07 Å². The molecular formula is C12H11NO3. The van der Waals surface area contributed by atoms with E-state index in [2.05, 4.69) is 4.98 Å². The molecule has 0 aliphatic rings. The van der Waals surface area contributed by atoms with Gasteiger partial charge in [0.15, 0.2) is 0 Å². The minimum atomic E-state index is -1.21. The van der Waals surface area contributed by atoms with Gasteiger partial charge in [0.1, 0.15) is 5.56 Å². The lowest BCUT2D eigenvalue weighted by Crippen LogP contribution is -2.17. The first-order valence-corrected chi connectivity index (χ1v) is 4.86. The Labute approximate surface area is 91.5 Å². The molecule has 4 heteroatoms. The third-order valence-corrected chi connectivity index (χ3v) is 2.69. The number of carbonyl (C=O) groups is 1. The van der Waals surface area contributed by atoms with Gasteiger partial charge in [0, 0.05) is 5.52 Å². The number of aryl methyl sites for hydroxylation is 2. The zero-order valence-electron chi connectivity index (χ0n) is 9.00. The number of hydrogen-bond donors (Lipinski definition) is 2. The molecule has 0 fully saturated rings. The molecule has 1 aromatic heterocycles. The number of fused-ring (bicyclic) bond motifs is 1. The number of rotatable bonds is 1. The first kappa shape index (κ1) is 10.4. The van der Waals surface area contributed by atoms with E-state index in [-0.39, 0.29) is 5.56 Å². The number of aromatic amines is 1. The van der Waals surface area contributed by atoms with Gasteiger partial charge in [-0.1, -0.05) is 0 Å². The molecule has 0 aliphatic heterocycles. The number of aromatic carboxylic acids is 1. The van der Waals surface area contributed by atoms with Crippen LogP contribution in [0.25, 0.3) is 10.9 Å². The summed E-state index contributed by atoms with van der Waals surface area (Å²) in [6, 6.07) is 5.12. The summed E-state index contributed by atoms with van der Waals surface area (Å²) < 4.78 is 0. The van der Waals surface area contributed by atoms with Crippen LogP contribution in [0, 0.1) is 13.8 Å². The normalized spacial score (nSPS) is 10.6. The predicted molar refractivity (Wildman–Crippen MR) is 61.0 cm³/mol. The highest BCUT2D eigenvalue weighted by molar-refractivity contribution is 5.92. The summed E-state index contributed by atoms with van der Waals surface area (Å²) in [5.41, 5.74) is 2.00. The Morgan fingerprint density at radius 3 is 2.44 bits per heavy atom. The number of benzene rings is 1. The van der Waals surface area contributed by atoms with Crippen molar-refractivity contribution >= 4 is 16.9 Å². The van der Waals surface area contributed by atoms with Crippen LogP contribution in [0.1, 0.15) is 21.5 Å². The maximum atomic E-state index is 11.4. The number of carboxylic acids is 1. The lowest BCUT2D eigenvalue weighted by Gasteiger charge is -2.04. The molecule has 0 bridgehead atoms. The fourth-order valence-corrected chi connectivity index (χ4v) is 1.64. The Balaban J connectivity index is 2.85. The van der Waals surface area contributed by atoms with Gasteiger partial charge >= 0.3 is 5.97 Å². The Kier molecular flexibility index (Phi) is 2.27. The number of pyridine rings is 1. The third-order valence-electron chi connectivity index (χ3n) is 2.69. The van der Waals surface area contributed by atoms with Gasteiger partial charge in [0.25, 0.3) is 5.56 Å². The monoisotopic (exact) mass is 217 g/mol. The first-order chi connectivity index (χ1) is 7.49. The van der Waals surface area contributed by atoms with Crippen LogP contribution in [0.15, 0.2) is 23.0 Å². The molecule has 2 rings (SSSR count). The second-order valence-corrected chi connectivity index (χ2v) is 3.84. The molecule has 1 aromatic carbocycles. The maximum Gasteiger partial charge on any atom is 0.341 e. The average Bonchev–Trinajstić information content (AvgIpc) is 2.19. The van der Waals surface area contributed by atoms with Crippen molar-refractivity contribution in [3.05, 3.63) is 45.2 Å². The number of H-pyrrole nitrogens is 1. The minimum absolute atomic E-state index is 0.226. The van der Waals surface area contributed by atoms with Crippen LogP contribution in [-0.4, -0.2) is 16.1 Å². The van der Waals surface area contributed by atoms with E-state index in [1.807, 2.05) is 26.0 Å². The molecule has 0 atom stereocenters. The summed E-state index contributed by atoms with van der Waals surface area (Å²) >= 11 is 0. The van der Waals surface area contributed by atoms with Crippen LogP contribution in [0.3, 0.4) is 0 Å². The highest BCUT2D eigenvalue weighted by Gasteiger charge is 2.10. The van der Waals surface area contributed by atoms with Crippen LogP contribution in [-0.2, 0) is 0 Å². The Bertz CT molecular complexity index is 640. The molecule has 0 spiro atoms. The van der Waals surface area contributed by atoms with Crippen LogP contribution in [0.5, 0.6) is 0 Å². The number of aromatic nitrogens is 1. The van der Waals surface area contributed by atoms with Crippen molar-refractivity contribution in [1.29, 1.82) is 0 Å². The Morgan fingerprint density at radius 1 is 1.19 bits per heavy atom. The molecule has 2 N–H and O–H groups in total. The topological polar surface area (TPSA) is 70.2 Å². The summed E-state index contributed by atoms with van der Waals surface area (Å²) in [6.45, 7) is 3.89. The van der Waals surface area contributed by atoms with Crippen molar-refractivity contribution in [1.82, 2.24) is 4.98 Å². The summed E-state index contributed by atoms with van der Waals surface area (Å²) in [4.78, 5) is 24.8. The number of nitrogens with one attached hydrogen (secondary N) is 1. The lowest BCUT2D eigenvalue weighted by atomic mass is 10.1. The quantitative estimate of drug-likeness (QED) is 0.765. The molecule has 2 aromatic rings. The number of hydrogen-bond acceptors (Lipinski definition) is 2. The minimum Gasteiger partial charge on any atom is -0.477 e.